The number of aliphatic imine (C=N–C) groups is 1. The van der Waals surface area contributed by atoms with Crippen LogP contribution in [0.1, 0.15) is 23.3 Å². The predicted molar refractivity (Wildman–Crippen MR) is 123 cm³/mol. The Kier molecular flexibility index (Phi) is 7.91. The van der Waals surface area contributed by atoms with Crippen LogP contribution in [0.3, 0.4) is 0 Å². The van der Waals surface area contributed by atoms with Crippen LogP contribution in [0.4, 0.5) is 9.39 Å². The monoisotopic (exact) mass is 462 g/mol. The van der Waals surface area contributed by atoms with Crippen molar-refractivity contribution >= 4 is 28.0 Å². The number of methoxy groups -OCH3 is 1. The standard InChI is InChI=1S/C21H27FN6O3S/c1-26-17(15-8-7-13(24)16(30-2)10-31-15)14(9-23)27-20(29)18-19(25)32-21(28-18)11-5-3-4-6-12(11)22/h3-6,9,13,15-16H,7-8,10,23-25H2,1-2H3,(H,27,29)/t13-,15+,16+/m1/s1. The highest BCUT2D eigenvalue weighted by Crippen LogP contribution is 2.31. The van der Waals surface area contributed by atoms with Gasteiger partial charge in [-0.15, -0.1) is 0 Å². The molecule has 0 aliphatic carbocycles. The Morgan fingerprint density at radius 2 is 2.16 bits per heavy atom. The number of nitrogen functional groups attached to an aromatic ring is 1. The van der Waals surface area contributed by atoms with Crippen molar-refractivity contribution in [1.29, 1.82) is 0 Å². The third-order valence-corrected chi connectivity index (χ3v) is 6.13. The second-order valence-electron chi connectivity index (χ2n) is 7.19. The van der Waals surface area contributed by atoms with Crippen LogP contribution in [0.5, 0.6) is 0 Å². The first-order chi connectivity index (χ1) is 15.4. The number of nitrogens with one attached hydrogen (secondary N) is 1. The first kappa shape index (κ1) is 23.8. The Bertz CT molecular complexity index is 1020. The predicted octanol–water partition coefficient (Wildman–Crippen LogP) is 1.65. The van der Waals surface area contributed by atoms with Gasteiger partial charge in [0.25, 0.3) is 5.91 Å². The molecule has 3 atom stereocenters. The molecule has 1 aliphatic rings. The van der Waals surface area contributed by atoms with Crippen LogP contribution in [0.15, 0.2) is 41.2 Å². The lowest BCUT2D eigenvalue weighted by Crippen LogP contribution is -2.38. The summed E-state index contributed by atoms with van der Waals surface area (Å²) in [6, 6.07) is 5.98. The number of halogens is 1. The molecule has 9 nitrogen and oxygen atoms in total. The minimum atomic E-state index is -0.584. The quantitative estimate of drug-likeness (QED) is 0.477. The third kappa shape index (κ3) is 5.13. The molecule has 11 heteroatoms. The molecule has 1 saturated heterocycles. The van der Waals surface area contributed by atoms with Gasteiger partial charge in [0.15, 0.2) is 5.69 Å². The molecule has 0 unspecified atom stereocenters. The zero-order chi connectivity index (χ0) is 23.3. The number of nitrogens with zero attached hydrogens (tertiary/aromatic N) is 2. The van der Waals surface area contributed by atoms with Crippen LogP contribution in [-0.4, -0.2) is 55.6 Å². The van der Waals surface area contributed by atoms with Gasteiger partial charge >= 0.3 is 0 Å². The van der Waals surface area contributed by atoms with Crippen molar-refractivity contribution in [2.45, 2.75) is 31.1 Å². The molecule has 2 aromatic rings. The zero-order valence-electron chi connectivity index (χ0n) is 17.9. The second-order valence-corrected chi connectivity index (χ2v) is 8.22. The maximum absolute atomic E-state index is 14.1. The van der Waals surface area contributed by atoms with Gasteiger partial charge in [-0.2, -0.15) is 0 Å². The maximum atomic E-state index is 14.1. The normalized spacial score (nSPS) is 22.4. The van der Waals surface area contributed by atoms with Gasteiger partial charge in [0.05, 0.1) is 24.1 Å². The van der Waals surface area contributed by atoms with E-state index in [9.17, 15) is 9.18 Å². The summed E-state index contributed by atoms with van der Waals surface area (Å²) in [6.45, 7) is 0.290. The van der Waals surface area contributed by atoms with E-state index >= 15 is 0 Å². The van der Waals surface area contributed by atoms with Gasteiger partial charge in [0.2, 0.25) is 0 Å². The van der Waals surface area contributed by atoms with Crippen molar-refractivity contribution in [1.82, 2.24) is 10.3 Å². The summed E-state index contributed by atoms with van der Waals surface area (Å²) in [4.78, 5) is 21.4. The van der Waals surface area contributed by atoms with E-state index in [2.05, 4.69) is 15.3 Å². The second kappa shape index (κ2) is 10.6. The smallest absolute Gasteiger partial charge is 0.277 e. The fraction of sp³-hybridized carbons (Fsp3) is 0.381. The number of carbonyl (C=O) groups is 1. The van der Waals surface area contributed by atoms with Crippen LogP contribution >= 0.6 is 11.3 Å². The number of nitrogens with two attached hydrogens (primary N) is 3. The van der Waals surface area contributed by atoms with Gasteiger partial charge in [-0.25, -0.2) is 9.37 Å². The average molecular weight is 463 g/mol. The summed E-state index contributed by atoms with van der Waals surface area (Å²) in [6.07, 6.45) is 1.81. The first-order valence-corrected chi connectivity index (χ1v) is 10.8. The molecule has 1 aromatic heterocycles. The Labute approximate surface area is 189 Å². The number of hydrogen-bond acceptors (Lipinski definition) is 9. The Morgan fingerprint density at radius 1 is 1.41 bits per heavy atom. The van der Waals surface area contributed by atoms with Crippen molar-refractivity contribution in [3.05, 3.63) is 47.7 Å². The number of thiazole rings is 1. The van der Waals surface area contributed by atoms with Crippen LogP contribution in [0.2, 0.25) is 0 Å². The number of benzene rings is 1. The molecule has 0 spiro atoms. The van der Waals surface area contributed by atoms with E-state index in [4.69, 9.17) is 26.7 Å². The first-order valence-electron chi connectivity index (χ1n) is 10.0. The molecule has 0 bridgehead atoms. The highest BCUT2D eigenvalue weighted by molar-refractivity contribution is 7.19. The fourth-order valence-electron chi connectivity index (χ4n) is 3.46. The maximum Gasteiger partial charge on any atom is 0.277 e. The van der Waals surface area contributed by atoms with Crippen molar-refractivity contribution in [2.24, 2.45) is 16.5 Å². The minimum absolute atomic E-state index is 0.0219. The Hall–Kier alpha value is -2.86. The third-order valence-electron chi connectivity index (χ3n) is 5.21. The number of hydrogen-bond donors (Lipinski definition) is 4. The zero-order valence-corrected chi connectivity index (χ0v) is 18.7. The molecule has 32 heavy (non-hydrogen) atoms. The molecule has 2 heterocycles. The molecule has 1 aromatic carbocycles. The number of carbonyl (C=O) groups excluding carboxylic acids is 1. The van der Waals surface area contributed by atoms with Gasteiger partial charge in [-0.1, -0.05) is 23.5 Å². The summed E-state index contributed by atoms with van der Waals surface area (Å²) in [7, 11) is 3.17. The van der Waals surface area contributed by atoms with Crippen molar-refractivity contribution in [3.63, 3.8) is 0 Å². The number of anilines is 1. The number of rotatable bonds is 6. The average Bonchev–Trinajstić information content (AvgIpc) is 3.08. The molecule has 172 valence electrons. The molecule has 0 radical (unpaired) electrons. The van der Waals surface area contributed by atoms with Crippen molar-refractivity contribution in [3.8, 4) is 10.6 Å². The molecular formula is C21H27FN6O3S. The summed E-state index contributed by atoms with van der Waals surface area (Å²) >= 11 is 1.02. The lowest BCUT2D eigenvalue weighted by Gasteiger charge is -2.20. The number of aromatic nitrogens is 1. The van der Waals surface area contributed by atoms with Crippen molar-refractivity contribution < 1.29 is 18.7 Å². The van der Waals surface area contributed by atoms with Crippen molar-refractivity contribution in [2.75, 3.05) is 26.5 Å². The largest absolute Gasteiger partial charge is 0.403 e. The number of amides is 1. The van der Waals surface area contributed by atoms with Gasteiger partial charge in [0.1, 0.15) is 21.9 Å². The van der Waals surface area contributed by atoms with E-state index in [-0.39, 0.29) is 40.7 Å². The highest BCUT2D eigenvalue weighted by atomic mass is 32.1. The lowest BCUT2D eigenvalue weighted by atomic mass is 10.0. The molecule has 1 fully saturated rings. The summed E-state index contributed by atoms with van der Waals surface area (Å²) in [5, 5.41) is 3.17. The van der Waals surface area contributed by atoms with Crippen LogP contribution in [-0.2, 0) is 9.47 Å². The van der Waals surface area contributed by atoms with E-state index in [1.807, 2.05) is 0 Å². The van der Waals surface area contributed by atoms with E-state index < -0.39 is 17.8 Å². The molecule has 0 saturated carbocycles. The highest BCUT2D eigenvalue weighted by Gasteiger charge is 2.30. The Balaban J connectivity index is 1.78. The van der Waals surface area contributed by atoms with E-state index in [0.29, 0.717) is 23.6 Å². The van der Waals surface area contributed by atoms with E-state index in [1.165, 1.54) is 12.3 Å². The molecule has 1 amide bonds. The topological polar surface area (TPSA) is 151 Å². The van der Waals surface area contributed by atoms with E-state index in [1.54, 1.807) is 32.4 Å². The fourth-order valence-corrected chi connectivity index (χ4v) is 4.32. The summed E-state index contributed by atoms with van der Waals surface area (Å²) in [5.41, 5.74) is 18.9. The van der Waals surface area contributed by atoms with Crippen LogP contribution in [0.25, 0.3) is 10.6 Å². The summed E-state index contributed by atoms with van der Waals surface area (Å²) in [5.74, 6) is -1.03. The van der Waals surface area contributed by atoms with Crippen LogP contribution in [0, 0.1) is 5.82 Å². The molecule has 1 aliphatic heterocycles. The molecule has 3 rings (SSSR count). The minimum Gasteiger partial charge on any atom is -0.403 e. The SMILES string of the molecule is CN=C(C(=CN)NC(=O)c1nc(-c2ccccc2F)sc1N)[C@@H]1CC[C@@H](N)[C@@H](OC)CO1. The van der Waals surface area contributed by atoms with Gasteiger partial charge in [-0.05, 0) is 25.0 Å². The summed E-state index contributed by atoms with van der Waals surface area (Å²) < 4.78 is 25.4. The van der Waals surface area contributed by atoms with Crippen LogP contribution < -0.4 is 22.5 Å². The Morgan fingerprint density at radius 3 is 2.81 bits per heavy atom. The van der Waals surface area contributed by atoms with Gasteiger partial charge in [0, 0.05) is 32.0 Å². The number of ether oxygens (including phenoxy) is 2. The molecular weight excluding hydrogens is 435 g/mol. The van der Waals surface area contributed by atoms with Gasteiger partial charge in [-0.3, -0.25) is 9.79 Å². The molecule has 7 N–H and O–H groups in total. The van der Waals surface area contributed by atoms with Gasteiger partial charge < -0.3 is 32.0 Å². The lowest BCUT2D eigenvalue weighted by molar-refractivity contribution is -0.000246. The van der Waals surface area contributed by atoms with E-state index in [0.717, 1.165) is 11.3 Å².